The van der Waals surface area contributed by atoms with E-state index in [0.717, 1.165) is 32.1 Å². The Balaban J connectivity index is 2.09. The van der Waals surface area contributed by atoms with Gasteiger partial charge in [0.1, 0.15) is 11.4 Å². The van der Waals surface area contributed by atoms with Crippen LogP contribution in [0.4, 0.5) is 0 Å². The fourth-order valence-electron chi connectivity index (χ4n) is 3.99. The average Bonchev–Trinajstić information content (AvgIpc) is 2.36. The first-order valence-electron chi connectivity index (χ1n) is 5.78. The molecule has 4 bridgehead atoms. The lowest BCUT2D eigenvalue weighted by Gasteiger charge is -2.43. The lowest BCUT2D eigenvalue weighted by atomic mass is 9.67. The second-order valence-electron chi connectivity index (χ2n) is 5.47. The van der Waals surface area contributed by atoms with Crippen molar-refractivity contribution in [2.24, 2.45) is 28.1 Å². The Labute approximate surface area is 99.0 Å². The van der Waals surface area contributed by atoms with Gasteiger partial charge >= 0.3 is 0 Å². The molecule has 0 saturated heterocycles. The highest BCUT2D eigenvalue weighted by Gasteiger charge is 2.52. The van der Waals surface area contributed by atoms with Gasteiger partial charge in [0.15, 0.2) is 0 Å². The van der Waals surface area contributed by atoms with E-state index < -0.39 is 0 Å². The number of rotatable bonds is 0. The molecule has 4 aliphatic carbocycles. The average molecular weight is 243 g/mol. The summed E-state index contributed by atoms with van der Waals surface area (Å²) in [5, 5.41) is 24.9. The molecule has 2 N–H and O–H groups in total. The molecule has 4 nitrogen and oxygen atoms in total. The molecule has 0 heterocycles. The summed E-state index contributed by atoms with van der Waals surface area (Å²) in [7, 11) is 0. The van der Waals surface area contributed by atoms with E-state index in [4.69, 9.17) is 22.0 Å². The summed E-state index contributed by atoms with van der Waals surface area (Å²) in [5.41, 5.74) is 1.13. The third-order valence-electron chi connectivity index (χ3n) is 4.37. The molecule has 0 spiro atoms. The minimum atomic E-state index is -0.168. The number of alkyl halides is 1. The number of hydrogen-bond donors (Lipinski definition) is 2. The number of halogens is 1. The molecular formula is C11H15ClN2O2. The zero-order valence-corrected chi connectivity index (χ0v) is 9.69. The zero-order valence-electron chi connectivity index (χ0n) is 8.93. The smallest absolute Gasteiger partial charge is 0.108 e. The van der Waals surface area contributed by atoms with Gasteiger partial charge in [-0.2, -0.15) is 0 Å². The Morgan fingerprint density at radius 3 is 1.88 bits per heavy atom. The Morgan fingerprint density at radius 2 is 1.50 bits per heavy atom. The summed E-state index contributed by atoms with van der Waals surface area (Å²) in [6.45, 7) is 0. The van der Waals surface area contributed by atoms with Gasteiger partial charge in [0.05, 0.1) is 0 Å². The Kier molecular flexibility index (Phi) is 2.18. The second-order valence-corrected chi connectivity index (χ2v) is 6.27. The summed E-state index contributed by atoms with van der Waals surface area (Å²) in [4.78, 5) is -0.168. The fourth-order valence-corrected chi connectivity index (χ4v) is 4.58. The molecule has 4 rings (SSSR count). The van der Waals surface area contributed by atoms with Gasteiger partial charge in [-0.05, 0) is 38.0 Å². The van der Waals surface area contributed by atoms with Crippen LogP contribution in [0.5, 0.6) is 0 Å². The van der Waals surface area contributed by atoms with E-state index >= 15 is 0 Å². The molecule has 0 aliphatic heterocycles. The molecule has 0 aromatic rings. The maximum atomic E-state index is 9.10. The highest BCUT2D eigenvalue weighted by Crippen LogP contribution is 2.54. The highest BCUT2D eigenvalue weighted by atomic mass is 35.5. The number of nitrogens with zero attached hydrogens (tertiary/aromatic N) is 2. The van der Waals surface area contributed by atoms with E-state index in [1.807, 2.05) is 0 Å². The lowest BCUT2D eigenvalue weighted by molar-refractivity contribution is 0.172. The number of hydrogen-bond acceptors (Lipinski definition) is 4. The third kappa shape index (κ3) is 1.35. The first kappa shape index (κ1) is 10.4. The van der Waals surface area contributed by atoms with Crippen LogP contribution >= 0.6 is 11.6 Å². The SMILES string of the molecule is ON=C1/C(=N/O)C2CC3CC1CC(Cl)(C3)C2. The predicted molar refractivity (Wildman–Crippen MR) is 60.6 cm³/mol. The van der Waals surface area contributed by atoms with E-state index in [2.05, 4.69) is 10.3 Å². The maximum absolute atomic E-state index is 9.10. The fraction of sp³-hybridized carbons (Fsp3) is 0.818. The molecule has 4 fully saturated rings. The van der Waals surface area contributed by atoms with Gasteiger partial charge < -0.3 is 10.4 Å². The van der Waals surface area contributed by atoms with E-state index in [1.165, 1.54) is 0 Å². The molecule has 5 heteroatoms. The molecular weight excluding hydrogens is 228 g/mol. The van der Waals surface area contributed by atoms with Crippen molar-refractivity contribution in [3.63, 3.8) is 0 Å². The minimum Gasteiger partial charge on any atom is -0.411 e. The first-order valence-corrected chi connectivity index (χ1v) is 6.16. The molecule has 88 valence electrons. The second kappa shape index (κ2) is 3.36. The predicted octanol–water partition coefficient (Wildman–Crippen LogP) is 2.46. The monoisotopic (exact) mass is 242 g/mol. The number of oxime groups is 2. The van der Waals surface area contributed by atoms with Gasteiger partial charge in [-0.3, -0.25) is 0 Å². The van der Waals surface area contributed by atoms with Crippen molar-refractivity contribution in [2.45, 2.75) is 37.0 Å². The van der Waals surface area contributed by atoms with Crippen molar-refractivity contribution in [3.05, 3.63) is 0 Å². The summed E-state index contributed by atoms with van der Waals surface area (Å²) < 4.78 is 0. The molecule has 4 saturated carbocycles. The van der Waals surface area contributed by atoms with Gasteiger partial charge in [-0.25, -0.2) is 0 Å². The van der Waals surface area contributed by atoms with Gasteiger partial charge in [-0.1, -0.05) is 10.3 Å². The standard InChI is InChI=1S/C11H15ClN2O2/c12-11-3-6-1-7(4-11)9(13-15)10(14-16)8(2-6)5-11/h6-8,15-16H,1-5H2/b13-9+,14-10?. The van der Waals surface area contributed by atoms with Gasteiger partial charge in [0, 0.05) is 16.7 Å². The molecule has 4 aliphatic rings. The van der Waals surface area contributed by atoms with E-state index in [1.54, 1.807) is 0 Å². The van der Waals surface area contributed by atoms with Crippen molar-refractivity contribution in [3.8, 4) is 0 Å². The van der Waals surface area contributed by atoms with E-state index in [9.17, 15) is 0 Å². The van der Waals surface area contributed by atoms with E-state index in [0.29, 0.717) is 17.3 Å². The summed E-state index contributed by atoms with van der Waals surface area (Å²) in [6, 6.07) is 0. The largest absolute Gasteiger partial charge is 0.411 e. The van der Waals surface area contributed by atoms with Gasteiger partial charge in [0.25, 0.3) is 0 Å². The number of fused-ring (bicyclic) bond motifs is 1. The van der Waals surface area contributed by atoms with Crippen LogP contribution in [-0.4, -0.2) is 26.7 Å². The summed E-state index contributed by atoms with van der Waals surface area (Å²) in [6.07, 6.45) is 4.78. The van der Waals surface area contributed by atoms with Crippen LogP contribution in [0.2, 0.25) is 0 Å². The topological polar surface area (TPSA) is 65.2 Å². The van der Waals surface area contributed by atoms with Crippen LogP contribution < -0.4 is 0 Å². The molecule has 4 atom stereocenters. The van der Waals surface area contributed by atoms with Crippen molar-refractivity contribution < 1.29 is 10.4 Å². The molecule has 16 heavy (non-hydrogen) atoms. The Bertz CT molecular complexity index is 350. The van der Waals surface area contributed by atoms with E-state index in [-0.39, 0.29) is 16.7 Å². The quantitative estimate of drug-likeness (QED) is 0.389. The molecule has 0 radical (unpaired) electrons. The molecule has 0 aromatic heterocycles. The highest BCUT2D eigenvalue weighted by molar-refractivity contribution is 6.44. The third-order valence-corrected chi connectivity index (χ3v) is 4.83. The van der Waals surface area contributed by atoms with Crippen LogP contribution in [0.25, 0.3) is 0 Å². The van der Waals surface area contributed by atoms with Crippen LogP contribution in [0.3, 0.4) is 0 Å². The maximum Gasteiger partial charge on any atom is 0.108 e. The zero-order chi connectivity index (χ0) is 11.3. The molecule has 0 aromatic carbocycles. The summed E-state index contributed by atoms with van der Waals surface area (Å²) >= 11 is 6.61. The van der Waals surface area contributed by atoms with Crippen molar-refractivity contribution >= 4 is 23.0 Å². The van der Waals surface area contributed by atoms with Crippen molar-refractivity contribution in [1.29, 1.82) is 0 Å². The van der Waals surface area contributed by atoms with Crippen LogP contribution in [0.1, 0.15) is 32.1 Å². The van der Waals surface area contributed by atoms with Crippen LogP contribution in [0, 0.1) is 17.8 Å². The van der Waals surface area contributed by atoms with Gasteiger partial charge in [-0.15, -0.1) is 11.6 Å². The Morgan fingerprint density at radius 1 is 1.00 bits per heavy atom. The van der Waals surface area contributed by atoms with Crippen LogP contribution in [-0.2, 0) is 0 Å². The Hall–Kier alpha value is -0.770. The lowest BCUT2D eigenvalue weighted by Crippen LogP contribution is -2.39. The van der Waals surface area contributed by atoms with Gasteiger partial charge in [0.2, 0.25) is 0 Å². The summed E-state index contributed by atoms with van der Waals surface area (Å²) in [5.74, 6) is 0.922. The van der Waals surface area contributed by atoms with Crippen molar-refractivity contribution in [2.75, 3.05) is 0 Å². The molecule has 4 unspecified atom stereocenters. The van der Waals surface area contributed by atoms with Crippen molar-refractivity contribution in [1.82, 2.24) is 0 Å². The first-order chi connectivity index (χ1) is 7.65. The molecule has 0 amide bonds. The normalized spacial score (nSPS) is 51.2. The minimum absolute atomic E-state index is 0.166. The van der Waals surface area contributed by atoms with Crippen LogP contribution in [0.15, 0.2) is 10.3 Å².